The Kier molecular flexibility index (Phi) is 4.97. The largest absolute Gasteiger partial charge is 0.339 e. The molecule has 1 saturated carbocycles. The molecule has 6 heteroatoms. The minimum Gasteiger partial charge on any atom is -0.339 e. The fourth-order valence-electron chi connectivity index (χ4n) is 4.39. The van der Waals surface area contributed by atoms with Crippen molar-refractivity contribution in [1.29, 1.82) is 0 Å². The van der Waals surface area contributed by atoms with Gasteiger partial charge in [-0.15, -0.1) is 0 Å². The van der Waals surface area contributed by atoms with Crippen LogP contribution < -0.4 is 5.32 Å². The first-order chi connectivity index (χ1) is 13.1. The van der Waals surface area contributed by atoms with E-state index in [1.54, 1.807) is 18.1 Å². The highest BCUT2D eigenvalue weighted by Gasteiger charge is 2.36. The molecule has 4 rings (SSSR count). The van der Waals surface area contributed by atoms with Crippen LogP contribution in [-0.2, 0) is 4.79 Å². The van der Waals surface area contributed by atoms with Gasteiger partial charge in [-0.2, -0.15) is 0 Å². The van der Waals surface area contributed by atoms with Crippen LogP contribution in [0.15, 0.2) is 36.5 Å². The summed E-state index contributed by atoms with van der Waals surface area (Å²) in [5.41, 5.74) is 1.61. The number of fused-ring (bicyclic) bond motifs is 1. The molecule has 1 saturated heterocycles. The molecule has 0 unspecified atom stereocenters. The van der Waals surface area contributed by atoms with Crippen LogP contribution in [0.25, 0.3) is 10.9 Å². The Morgan fingerprint density at radius 2 is 2.07 bits per heavy atom. The van der Waals surface area contributed by atoms with Gasteiger partial charge in [-0.1, -0.05) is 18.9 Å². The van der Waals surface area contributed by atoms with E-state index in [-0.39, 0.29) is 17.9 Å². The number of likely N-dealkylation sites (tertiary alicyclic amines) is 1. The summed E-state index contributed by atoms with van der Waals surface area (Å²) in [7, 11) is 1.79. The van der Waals surface area contributed by atoms with E-state index < -0.39 is 0 Å². The highest BCUT2D eigenvalue weighted by Crippen LogP contribution is 2.30. The molecule has 2 fully saturated rings. The third-order valence-electron chi connectivity index (χ3n) is 5.77. The molecule has 6 nitrogen and oxygen atoms in total. The van der Waals surface area contributed by atoms with Gasteiger partial charge in [0, 0.05) is 50.1 Å². The number of benzene rings is 1. The number of nitrogens with zero attached hydrogens (tertiary/aromatic N) is 3. The lowest BCUT2D eigenvalue weighted by Gasteiger charge is -2.25. The molecule has 3 amide bonds. The van der Waals surface area contributed by atoms with Gasteiger partial charge in [0.15, 0.2) is 0 Å². The number of pyridine rings is 1. The molecule has 1 aliphatic carbocycles. The van der Waals surface area contributed by atoms with Crippen LogP contribution in [0.2, 0.25) is 0 Å². The van der Waals surface area contributed by atoms with E-state index in [1.807, 2.05) is 30.3 Å². The fraction of sp³-hybridized carbons (Fsp3) is 0.476. The number of carbonyl (C=O) groups excluding carboxylic acids is 2. The molecule has 2 aromatic rings. The number of carbonyl (C=O) groups is 2. The second kappa shape index (κ2) is 7.55. The van der Waals surface area contributed by atoms with E-state index in [4.69, 9.17) is 0 Å². The lowest BCUT2D eigenvalue weighted by Crippen LogP contribution is -2.37. The molecule has 1 atom stereocenters. The number of urea groups is 1. The molecular formula is C21H26N4O2. The Hall–Kier alpha value is -2.63. The SMILES string of the molecule is CN(C[C@H]1CC(=O)N(C2CCCC2)C1)C(=O)Nc1cccc2ncccc12. The smallest absolute Gasteiger partial charge is 0.321 e. The topological polar surface area (TPSA) is 65.5 Å². The molecule has 0 spiro atoms. The summed E-state index contributed by atoms with van der Waals surface area (Å²) in [4.78, 5) is 33.1. The number of anilines is 1. The van der Waals surface area contributed by atoms with Crippen molar-refractivity contribution in [2.24, 2.45) is 5.92 Å². The van der Waals surface area contributed by atoms with Crippen molar-refractivity contribution >= 4 is 28.5 Å². The van der Waals surface area contributed by atoms with E-state index in [9.17, 15) is 9.59 Å². The quantitative estimate of drug-likeness (QED) is 0.901. The van der Waals surface area contributed by atoms with Gasteiger partial charge < -0.3 is 15.1 Å². The predicted octanol–water partition coefficient (Wildman–Crippen LogP) is 3.49. The Labute approximate surface area is 159 Å². The summed E-state index contributed by atoms with van der Waals surface area (Å²) in [5, 5.41) is 3.91. The maximum Gasteiger partial charge on any atom is 0.321 e. The van der Waals surface area contributed by atoms with Gasteiger partial charge >= 0.3 is 6.03 Å². The Morgan fingerprint density at radius 3 is 2.89 bits per heavy atom. The van der Waals surface area contributed by atoms with E-state index in [0.717, 1.165) is 36.0 Å². The zero-order valence-electron chi connectivity index (χ0n) is 15.7. The third-order valence-corrected chi connectivity index (χ3v) is 5.77. The molecule has 142 valence electrons. The number of hydrogen-bond acceptors (Lipinski definition) is 3. The van der Waals surface area contributed by atoms with Crippen LogP contribution in [0, 0.1) is 5.92 Å². The Bertz CT molecular complexity index is 842. The molecule has 1 N–H and O–H groups in total. The highest BCUT2D eigenvalue weighted by atomic mass is 16.2. The fourth-order valence-corrected chi connectivity index (χ4v) is 4.39. The molecule has 2 aliphatic rings. The lowest BCUT2D eigenvalue weighted by atomic mass is 10.1. The van der Waals surface area contributed by atoms with Crippen LogP contribution in [0.1, 0.15) is 32.1 Å². The third kappa shape index (κ3) is 3.75. The minimum atomic E-state index is -0.155. The van der Waals surface area contributed by atoms with Gasteiger partial charge in [-0.25, -0.2) is 4.79 Å². The molecule has 1 aliphatic heterocycles. The second-order valence-electron chi connectivity index (χ2n) is 7.74. The number of rotatable bonds is 4. The summed E-state index contributed by atoms with van der Waals surface area (Å²) in [5.74, 6) is 0.462. The zero-order chi connectivity index (χ0) is 18.8. The maximum atomic E-state index is 12.7. The summed E-state index contributed by atoms with van der Waals surface area (Å²) >= 11 is 0. The number of hydrogen-bond donors (Lipinski definition) is 1. The van der Waals surface area contributed by atoms with Gasteiger partial charge in [0.1, 0.15) is 0 Å². The van der Waals surface area contributed by atoms with Crippen LogP contribution in [-0.4, -0.2) is 52.9 Å². The molecule has 0 bridgehead atoms. The zero-order valence-corrected chi connectivity index (χ0v) is 15.7. The van der Waals surface area contributed by atoms with Crippen molar-refractivity contribution in [2.75, 3.05) is 25.5 Å². The van der Waals surface area contributed by atoms with Crippen molar-refractivity contribution in [3.63, 3.8) is 0 Å². The van der Waals surface area contributed by atoms with Gasteiger partial charge in [-0.3, -0.25) is 9.78 Å². The summed E-state index contributed by atoms with van der Waals surface area (Å²) in [6.45, 7) is 1.36. The summed E-state index contributed by atoms with van der Waals surface area (Å²) in [6.07, 6.45) is 7.00. The monoisotopic (exact) mass is 366 g/mol. The van der Waals surface area contributed by atoms with Gasteiger partial charge in [-0.05, 0) is 37.1 Å². The van der Waals surface area contributed by atoms with Crippen molar-refractivity contribution < 1.29 is 9.59 Å². The van der Waals surface area contributed by atoms with Crippen molar-refractivity contribution in [2.45, 2.75) is 38.1 Å². The van der Waals surface area contributed by atoms with Gasteiger partial charge in [0.2, 0.25) is 5.91 Å². The average molecular weight is 366 g/mol. The molecule has 1 aromatic carbocycles. The summed E-state index contributed by atoms with van der Waals surface area (Å²) in [6, 6.07) is 9.78. The van der Waals surface area contributed by atoms with E-state index in [1.165, 1.54) is 12.8 Å². The van der Waals surface area contributed by atoms with Gasteiger partial charge in [0.25, 0.3) is 0 Å². The van der Waals surface area contributed by atoms with Crippen molar-refractivity contribution in [1.82, 2.24) is 14.8 Å². The predicted molar refractivity (Wildman–Crippen MR) is 105 cm³/mol. The molecule has 1 aromatic heterocycles. The minimum absolute atomic E-state index is 0.155. The molecule has 2 heterocycles. The van der Waals surface area contributed by atoms with E-state index >= 15 is 0 Å². The lowest BCUT2D eigenvalue weighted by molar-refractivity contribution is -0.129. The van der Waals surface area contributed by atoms with Crippen LogP contribution in [0.5, 0.6) is 0 Å². The molecule has 0 radical (unpaired) electrons. The average Bonchev–Trinajstić information content (AvgIpc) is 3.31. The Morgan fingerprint density at radius 1 is 1.26 bits per heavy atom. The standard InChI is InChI=1S/C21H26N4O2/c1-24(13-15-12-20(26)25(14-15)16-6-2-3-7-16)21(27)23-19-10-4-9-18-17(19)8-5-11-22-18/h4-5,8-11,15-16H,2-3,6-7,12-14H2,1H3,(H,23,27)/t15-/m1/s1. The molecular weight excluding hydrogens is 340 g/mol. The summed E-state index contributed by atoms with van der Waals surface area (Å²) < 4.78 is 0. The highest BCUT2D eigenvalue weighted by molar-refractivity contribution is 6.00. The van der Waals surface area contributed by atoms with E-state index in [2.05, 4.69) is 15.2 Å². The number of aromatic nitrogens is 1. The number of nitrogens with one attached hydrogen (secondary N) is 1. The van der Waals surface area contributed by atoms with Crippen LogP contribution in [0.4, 0.5) is 10.5 Å². The van der Waals surface area contributed by atoms with Crippen molar-refractivity contribution in [3.8, 4) is 0 Å². The second-order valence-corrected chi connectivity index (χ2v) is 7.74. The first kappa shape index (κ1) is 17.8. The number of amides is 3. The normalized spacial score (nSPS) is 20.4. The maximum absolute atomic E-state index is 12.7. The van der Waals surface area contributed by atoms with Crippen molar-refractivity contribution in [3.05, 3.63) is 36.5 Å². The van der Waals surface area contributed by atoms with Crippen LogP contribution in [0.3, 0.4) is 0 Å². The Balaban J connectivity index is 1.37. The van der Waals surface area contributed by atoms with Gasteiger partial charge in [0.05, 0.1) is 11.2 Å². The van der Waals surface area contributed by atoms with Crippen LogP contribution >= 0.6 is 0 Å². The molecule has 27 heavy (non-hydrogen) atoms. The van der Waals surface area contributed by atoms with E-state index in [0.29, 0.717) is 19.0 Å². The first-order valence-electron chi connectivity index (χ1n) is 9.77. The first-order valence-corrected chi connectivity index (χ1v) is 9.77.